The number of ether oxygens (including phenoxy) is 4. The van der Waals surface area contributed by atoms with Crippen LogP contribution in [0.15, 0.2) is 94.6 Å². The van der Waals surface area contributed by atoms with Crippen molar-refractivity contribution >= 4 is 8.53 Å². The fraction of sp³-hybridized carbons (Fsp3) is 0.425. The van der Waals surface area contributed by atoms with Crippen molar-refractivity contribution in [2.24, 2.45) is 0 Å². The van der Waals surface area contributed by atoms with E-state index in [1.807, 2.05) is 78.9 Å². The first-order chi connectivity index (χ1) is 25.5. The minimum Gasteiger partial charge on any atom is -0.497 e. The second kappa shape index (κ2) is 18.1. The molecule has 0 radical (unpaired) electrons. The molecule has 1 fully saturated rings. The van der Waals surface area contributed by atoms with Gasteiger partial charge < -0.3 is 28.0 Å². The average molecular weight is 745 g/mol. The number of hydrogen-bond acceptors (Lipinski definition) is 10. The van der Waals surface area contributed by atoms with Crippen LogP contribution in [0.3, 0.4) is 0 Å². The SMILES string of the molecule is COc1ccc(C(OC[C@@H]2C[C@H](OP(OCCC#N)N(C(C)C)C(C)C)[C@H](n3cc(C)c(=O)[nH]c3=O)O2)(c2ccccc2)c2ccc(OC)cc2)cc1. The standard InChI is InChI=1S/C40H49N4O8P/c1-27(2)44(28(3)4)53(50-23-11-22-41)52-36-24-35(51-38(36)43-25-29(5)37(45)42-39(43)46)26-49-40(30-12-9-8-10-13-30,31-14-18-33(47-6)19-15-31)32-16-20-34(48-7)21-17-32/h8-10,12-21,25,27-28,35-36,38H,11,23-24,26H2,1-7H3,(H,42,45,46)/t35-,36-,38+,53?/m0/s1. The normalized spacial score (nSPS) is 18.0. The third-order valence-electron chi connectivity index (χ3n) is 9.11. The maximum atomic E-state index is 13.3. The number of rotatable bonds is 17. The van der Waals surface area contributed by atoms with Crippen molar-refractivity contribution in [3.8, 4) is 17.6 Å². The van der Waals surface area contributed by atoms with Crippen LogP contribution in [0.2, 0.25) is 0 Å². The van der Waals surface area contributed by atoms with Crippen LogP contribution in [-0.2, 0) is 24.1 Å². The highest BCUT2D eigenvalue weighted by atomic mass is 31.2. The van der Waals surface area contributed by atoms with E-state index in [2.05, 4.69) is 43.4 Å². The van der Waals surface area contributed by atoms with Gasteiger partial charge in [0.15, 0.2) is 6.23 Å². The second-order valence-corrected chi connectivity index (χ2v) is 14.8. The summed E-state index contributed by atoms with van der Waals surface area (Å²) in [7, 11) is 1.57. The summed E-state index contributed by atoms with van der Waals surface area (Å²) in [6, 6.07) is 27.8. The maximum Gasteiger partial charge on any atom is 0.330 e. The molecule has 1 aliphatic heterocycles. The molecule has 3 aromatic carbocycles. The lowest BCUT2D eigenvalue weighted by atomic mass is 9.80. The van der Waals surface area contributed by atoms with E-state index in [-0.39, 0.29) is 31.7 Å². The summed E-state index contributed by atoms with van der Waals surface area (Å²) in [5, 5.41) is 9.26. The molecule has 0 amide bonds. The molecule has 2 heterocycles. The number of nitriles is 1. The smallest absolute Gasteiger partial charge is 0.330 e. The lowest BCUT2D eigenvalue weighted by Crippen LogP contribution is -2.38. The zero-order valence-corrected chi connectivity index (χ0v) is 32.2. The minimum atomic E-state index is -1.68. The van der Waals surface area contributed by atoms with Crippen molar-refractivity contribution in [2.45, 2.75) is 83.6 Å². The van der Waals surface area contributed by atoms with E-state index in [0.717, 1.165) is 16.7 Å². The molecule has 0 aliphatic carbocycles. The number of hydrogen-bond donors (Lipinski definition) is 1. The average Bonchev–Trinajstić information content (AvgIpc) is 3.56. The van der Waals surface area contributed by atoms with Crippen LogP contribution in [0.25, 0.3) is 0 Å². The number of methoxy groups -OCH3 is 2. The summed E-state index contributed by atoms with van der Waals surface area (Å²) in [5.41, 5.74) is 0.793. The Morgan fingerprint density at radius 1 is 0.925 bits per heavy atom. The predicted octanol–water partition coefficient (Wildman–Crippen LogP) is 6.82. The van der Waals surface area contributed by atoms with Gasteiger partial charge in [0.2, 0.25) is 0 Å². The van der Waals surface area contributed by atoms with Crippen LogP contribution in [0.5, 0.6) is 11.5 Å². The predicted molar refractivity (Wildman–Crippen MR) is 203 cm³/mol. The van der Waals surface area contributed by atoms with Crippen LogP contribution in [-0.4, -0.2) is 65.9 Å². The van der Waals surface area contributed by atoms with Gasteiger partial charge in [0, 0.05) is 30.3 Å². The molecule has 12 nitrogen and oxygen atoms in total. The highest BCUT2D eigenvalue weighted by Crippen LogP contribution is 2.51. The molecule has 0 spiro atoms. The third kappa shape index (κ3) is 9.07. The highest BCUT2D eigenvalue weighted by Gasteiger charge is 2.45. The number of aromatic amines is 1. The lowest BCUT2D eigenvalue weighted by Gasteiger charge is -2.37. The van der Waals surface area contributed by atoms with E-state index in [9.17, 15) is 14.9 Å². The first kappa shape index (κ1) is 39.9. The molecule has 0 saturated carbocycles. The highest BCUT2D eigenvalue weighted by molar-refractivity contribution is 7.44. The quantitative estimate of drug-likeness (QED) is 0.0697. The molecular weight excluding hydrogens is 695 g/mol. The van der Waals surface area contributed by atoms with Gasteiger partial charge in [0.25, 0.3) is 14.1 Å². The molecule has 4 aromatic rings. The first-order valence-corrected chi connectivity index (χ1v) is 18.9. The zero-order chi connectivity index (χ0) is 38.1. The lowest BCUT2D eigenvalue weighted by molar-refractivity contribution is -0.0863. The molecule has 1 aromatic heterocycles. The summed E-state index contributed by atoms with van der Waals surface area (Å²) < 4.78 is 41.4. The Morgan fingerprint density at radius 2 is 1.49 bits per heavy atom. The summed E-state index contributed by atoms with van der Waals surface area (Å²) in [6.07, 6.45) is -0.0971. The van der Waals surface area contributed by atoms with Gasteiger partial charge in [-0.25, -0.2) is 9.46 Å². The number of benzene rings is 3. The number of H-pyrrole nitrogens is 1. The van der Waals surface area contributed by atoms with Gasteiger partial charge in [-0.15, -0.1) is 0 Å². The Kier molecular flexibility index (Phi) is 13.6. The number of aromatic nitrogens is 2. The maximum absolute atomic E-state index is 13.3. The second-order valence-electron chi connectivity index (χ2n) is 13.4. The summed E-state index contributed by atoms with van der Waals surface area (Å²) in [4.78, 5) is 28.1. The molecule has 5 rings (SSSR count). The number of nitrogens with zero attached hydrogens (tertiary/aromatic N) is 3. The van der Waals surface area contributed by atoms with Crippen LogP contribution in [0.4, 0.5) is 0 Å². The van der Waals surface area contributed by atoms with Crippen molar-refractivity contribution in [3.63, 3.8) is 0 Å². The molecule has 1 N–H and O–H groups in total. The van der Waals surface area contributed by atoms with Gasteiger partial charge in [0.1, 0.15) is 23.2 Å². The van der Waals surface area contributed by atoms with Crippen molar-refractivity contribution in [2.75, 3.05) is 27.4 Å². The first-order valence-electron chi connectivity index (χ1n) is 17.7. The molecule has 1 aliphatic rings. The topological polar surface area (TPSA) is 137 Å². The van der Waals surface area contributed by atoms with Crippen LogP contribution in [0, 0.1) is 18.3 Å². The van der Waals surface area contributed by atoms with Gasteiger partial charge >= 0.3 is 5.69 Å². The Balaban J connectivity index is 1.56. The molecule has 0 bridgehead atoms. The van der Waals surface area contributed by atoms with Crippen molar-refractivity contribution in [1.82, 2.24) is 14.2 Å². The van der Waals surface area contributed by atoms with E-state index in [1.54, 1.807) is 21.1 Å². The van der Waals surface area contributed by atoms with Crippen molar-refractivity contribution < 1.29 is 28.0 Å². The Hall–Kier alpha value is -4.34. The zero-order valence-electron chi connectivity index (χ0n) is 31.4. The molecule has 1 saturated heterocycles. The molecular formula is C40H49N4O8P. The summed E-state index contributed by atoms with van der Waals surface area (Å²) in [6.45, 7) is 10.2. The summed E-state index contributed by atoms with van der Waals surface area (Å²) in [5.74, 6) is 1.42. The Bertz CT molecular complexity index is 1870. The third-order valence-corrected chi connectivity index (χ3v) is 11.3. The fourth-order valence-electron chi connectivity index (χ4n) is 6.64. The monoisotopic (exact) mass is 744 g/mol. The molecule has 53 heavy (non-hydrogen) atoms. The van der Waals surface area contributed by atoms with Crippen LogP contribution in [0.1, 0.15) is 69.0 Å². The van der Waals surface area contributed by atoms with Gasteiger partial charge in [-0.3, -0.25) is 14.3 Å². The van der Waals surface area contributed by atoms with Gasteiger partial charge in [-0.05, 0) is 75.6 Å². The van der Waals surface area contributed by atoms with Crippen LogP contribution < -0.4 is 20.7 Å². The fourth-order valence-corrected chi connectivity index (χ4v) is 8.37. The van der Waals surface area contributed by atoms with Gasteiger partial charge in [0.05, 0.1) is 46.0 Å². The van der Waals surface area contributed by atoms with E-state index < -0.39 is 43.8 Å². The Morgan fingerprint density at radius 3 is 2.02 bits per heavy atom. The van der Waals surface area contributed by atoms with Crippen LogP contribution >= 0.6 is 8.53 Å². The van der Waals surface area contributed by atoms with Gasteiger partial charge in [-0.1, -0.05) is 54.6 Å². The van der Waals surface area contributed by atoms with Crippen molar-refractivity contribution in [3.05, 3.63) is 128 Å². The number of aryl methyl sites for hydroxylation is 1. The van der Waals surface area contributed by atoms with Gasteiger partial charge in [-0.2, -0.15) is 5.26 Å². The molecule has 13 heteroatoms. The van der Waals surface area contributed by atoms with E-state index in [4.69, 9.17) is 28.0 Å². The molecule has 282 valence electrons. The molecule has 4 atom stereocenters. The van der Waals surface area contributed by atoms with E-state index in [0.29, 0.717) is 23.5 Å². The summed E-state index contributed by atoms with van der Waals surface area (Å²) >= 11 is 0. The molecule has 1 unspecified atom stereocenters. The Labute approximate surface area is 312 Å². The van der Waals surface area contributed by atoms with E-state index >= 15 is 0 Å². The van der Waals surface area contributed by atoms with E-state index in [1.165, 1.54) is 10.8 Å². The van der Waals surface area contributed by atoms with Crippen molar-refractivity contribution in [1.29, 1.82) is 5.26 Å². The number of nitrogens with one attached hydrogen (secondary N) is 1. The largest absolute Gasteiger partial charge is 0.497 e. The minimum absolute atomic E-state index is 0.0571.